The van der Waals surface area contributed by atoms with Gasteiger partial charge in [-0.05, 0) is 56.7 Å². The molecular formula is C28H40N2O8. The van der Waals surface area contributed by atoms with Crippen molar-refractivity contribution >= 4 is 11.4 Å². The first kappa shape index (κ1) is 29.8. The first-order valence-electron chi connectivity index (χ1n) is 13.3. The lowest BCUT2D eigenvalue weighted by Gasteiger charge is -2.16. The van der Waals surface area contributed by atoms with Gasteiger partial charge in [-0.15, -0.1) is 0 Å². The smallest absolute Gasteiger partial charge is 0.163 e. The highest BCUT2D eigenvalue weighted by Crippen LogP contribution is 2.33. The fourth-order valence-corrected chi connectivity index (χ4v) is 3.51. The van der Waals surface area contributed by atoms with Crippen molar-refractivity contribution < 1.29 is 37.9 Å². The number of hydrogen-bond donors (Lipinski definition) is 0. The number of ether oxygens (including phenoxy) is 8. The highest BCUT2D eigenvalue weighted by molar-refractivity contribution is 5.52. The van der Waals surface area contributed by atoms with E-state index in [4.69, 9.17) is 37.9 Å². The molecule has 0 radical (unpaired) electrons. The van der Waals surface area contributed by atoms with Crippen LogP contribution in [0.1, 0.15) is 26.7 Å². The first-order valence-corrected chi connectivity index (χ1v) is 13.3. The average Bonchev–Trinajstić information content (AvgIpc) is 2.94. The molecule has 10 heteroatoms. The van der Waals surface area contributed by atoms with E-state index in [0.717, 1.165) is 18.6 Å². The lowest BCUT2D eigenvalue weighted by molar-refractivity contribution is -0.140. The van der Waals surface area contributed by atoms with Crippen molar-refractivity contribution in [3.05, 3.63) is 42.5 Å². The molecule has 210 valence electrons. The maximum Gasteiger partial charge on any atom is 0.163 e. The first-order chi connectivity index (χ1) is 18.8. The zero-order valence-corrected chi connectivity index (χ0v) is 22.5. The molecule has 1 aliphatic rings. The summed E-state index contributed by atoms with van der Waals surface area (Å²) in [5.74, 6) is 1.98. The minimum atomic E-state index is -0.176. The molecule has 0 spiro atoms. The van der Waals surface area contributed by atoms with Gasteiger partial charge in [-0.3, -0.25) is 0 Å². The Kier molecular flexibility index (Phi) is 14.5. The standard InChI is InChI=1S/C28H40N2O8/c1-3-34-28(35-4-2)6-5-13-36-25-10-7-23(8-11-25)29-30-24-9-12-26-27(22-24)38-21-19-33-17-15-31-14-16-32-18-20-37-26/h7-12,22,28H,3-6,13-21H2,1-2H3. The minimum Gasteiger partial charge on any atom is -0.494 e. The van der Waals surface area contributed by atoms with Crippen molar-refractivity contribution in [3.8, 4) is 17.2 Å². The molecule has 0 saturated heterocycles. The Morgan fingerprint density at radius 3 is 1.87 bits per heavy atom. The van der Waals surface area contributed by atoms with Gasteiger partial charge in [0.05, 0.1) is 57.6 Å². The Morgan fingerprint density at radius 2 is 1.24 bits per heavy atom. The van der Waals surface area contributed by atoms with Crippen molar-refractivity contribution in [2.75, 3.05) is 72.7 Å². The van der Waals surface area contributed by atoms with Crippen LogP contribution in [0.15, 0.2) is 52.7 Å². The van der Waals surface area contributed by atoms with Gasteiger partial charge in [0, 0.05) is 25.7 Å². The van der Waals surface area contributed by atoms with Crippen molar-refractivity contribution in [2.45, 2.75) is 33.0 Å². The maximum absolute atomic E-state index is 5.90. The van der Waals surface area contributed by atoms with E-state index in [-0.39, 0.29) is 6.29 Å². The summed E-state index contributed by atoms with van der Waals surface area (Å²) in [5, 5.41) is 8.71. The second-order valence-electron chi connectivity index (χ2n) is 8.19. The Labute approximate surface area is 225 Å². The van der Waals surface area contributed by atoms with Gasteiger partial charge in [0.15, 0.2) is 17.8 Å². The van der Waals surface area contributed by atoms with Gasteiger partial charge < -0.3 is 37.9 Å². The topological polar surface area (TPSA) is 98.6 Å². The summed E-state index contributed by atoms with van der Waals surface area (Å²) < 4.78 is 45.2. The van der Waals surface area contributed by atoms with Crippen LogP contribution in [0.25, 0.3) is 0 Å². The van der Waals surface area contributed by atoms with Crippen LogP contribution in [-0.4, -0.2) is 79.0 Å². The van der Waals surface area contributed by atoms with Gasteiger partial charge in [0.1, 0.15) is 19.0 Å². The summed E-state index contributed by atoms with van der Waals surface area (Å²) in [4.78, 5) is 0. The Balaban J connectivity index is 1.51. The van der Waals surface area contributed by atoms with E-state index in [1.165, 1.54) is 0 Å². The second-order valence-corrected chi connectivity index (χ2v) is 8.19. The van der Waals surface area contributed by atoms with Crippen LogP contribution >= 0.6 is 0 Å². The van der Waals surface area contributed by atoms with Crippen molar-refractivity contribution in [3.63, 3.8) is 0 Å². The van der Waals surface area contributed by atoms with Crippen molar-refractivity contribution in [1.29, 1.82) is 0 Å². The molecule has 0 unspecified atom stereocenters. The van der Waals surface area contributed by atoms with E-state index >= 15 is 0 Å². The molecule has 0 saturated carbocycles. The van der Waals surface area contributed by atoms with E-state index in [1.807, 2.05) is 50.2 Å². The summed E-state index contributed by atoms with van der Waals surface area (Å²) in [6.45, 7) is 9.55. The van der Waals surface area contributed by atoms with Crippen LogP contribution in [0.3, 0.4) is 0 Å². The number of hydrogen-bond acceptors (Lipinski definition) is 10. The van der Waals surface area contributed by atoms with Crippen LogP contribution in [-0.2, 0) is 23.7 Å². The third-order valence-electron chi connectivity index (χ3n) is 5.32. The molecular weight excluding hydrogens is 492 g/mol. The van der Waals surface area contributed by atoms with E-state index in [1.54, 1.807) is 6.07 Å². The molecule has 0 aliphatic carbocycles. The summed E-state index contributed by atoms with van der Waals surface area (Å²) in [6.07, 6.45) is 1.45. The highest BCUT2D eigenvalue weighted by atomic mass is 16.7. The molecule has 1 aliphatic heterocycles. The maximum atomic E-state index is 5.90. The molecule has 0 atom stereocenters. The molecule has 2 aromatic rings. The Hall–Kier alpha value is -2.76. The van der Waals surface area contributed by atoms with Crippen molar-refractivity contribution in [1.82, 2.24) is 0 Å². The summed E-state index contributed by atoms with van der Waals surface area (Å²) in [6, 6.07) is 13.0. The van der Waals surface area contributed by atoms with Crippen LogP contribution in [0.5, 0.6) is 17.2 Å². The SMILES string of the molecule is CCOC(CCCOc1ccc(N=Nc2ccc3c(c2)OCCOCCOCCOCCO3)cc1)OCC. The largest absolute Gasteiger partial charge is 0.494 e. The fraction of sp³-hybridized carbons (Fsp3) is 0.571. The van der Waals surface area contributed by atoms with Gasteiger partial charge in [-0.1, -0.05) is 0 Å². The fourth-order valence-electron chi connectivity index (χ4n) is 3.51. The number of rotatable bonds is 11. The van der Waals surface area contributed by atoms with Gasteiger partial charge >= 0.3 is 0 Å². The Morgan fingerprint density at radius 1 is 0.684 bits per heavy atom. The van der Waals surface area contributed by atoms with Crippen molar-refractivity contribution in [2.24, 2.45) is 10.2 Å². The second kappa shape index (κ2) is 18.5. The highest BCUT2D eigenvalue weighted by Gasteiger charge is 2.09. The monoisotopic (exact) mass is 532 g/mol. The van der Waals surface area contributed by atoms with Gasteiger partial charge in [0.25, 0.3) is 0 Å². The third-order valence-corrected chi connectivity index (χ3v) is 5.32. The molecule has 10 nitrogen and oxygen atoms in total. The number of azo groups is 1. The summed E-state index contributed by atoms with van der Waals surface area (Å²) >= 11 is 0. The molecule has 0 fully saturated rings. The van der Waals surface area contributed by atoms with E-state index in [2.05, 4.69) is 10.2 Å². The Bertz CT molecular complexity index is 920. The van der Waals surface area contributed by atoms with E-state index in [9.17, 15) is 0 Å². The zero-order valence-electron chi connectivity index (χ0n) is 22.5. The number of nitrogens with zero attached hydrogens (tertiary/aromatic N) is 2. The minimum absolute atomic E-state index is 0.176. The van der Waals surface area contributed by atoms with Gasteiger partial charge in [0.2, 0.25) is 0 Å². The number of fused-ring (bicyclic) bond motifs is 1. The summed E-state index contributed by atoms with van der Waals surface area (Å²) in [7, 11) is 0. The van der Waals surface area contributed by atoms with Gasteiger partial charge in [-0.25, -0.2) is 0 Å². The number of benzene rings is 2. The van der Waals surface area contributed by atoms with Crippen LogP contribution < -0.4 is 14.2 Å². The third kappa shape index (κ3) is 11.7. The zero-order chi connectivity index (χ0) is 26.7. The molecule has 0 bridgehead atoms. The van der Waals surface area contributed by atoms with E-state index < -0.39 is 0 Å². The lowest BCUT2D eigenvalue weighted by Crippen LogP contribution is -2.18. The normalized spacial score (nSPS) is 15.8. The molecule has 0 aromatic heterocycles. The molecule has 0 N–H and O–H groups in total. The predicted octanol–water partition coefficient (Wildman–Crippen LogP) is 5.48. The predicted molar refractivity (Wildman–Crippen MR) is 142 cm³/mol. The molecule has 2 aromatic carbocycles. The average molecular weight is 533 g/mol. The van der Waals surface area contributed by atoms with Crippen LogP contribution in [0.4, 0.5) is 11.4 Å². The van der Waals surface area contributed by atoms with Crippen LogP contribution in [0.2, 0.25) is 0 Å². The molecule has 1 heterocycles. The molecule has 3 rings (SSSR count). The lowest BCUT2D eigenvalue weighted by atomic mass is 10.3. The van der Waals surface area contributed by atoms with Gasteiger partial charge in [-0.2, -0.15) is 10.2 Å². The van der Waals surface area contributed by atoms with E-state index in [0.29, 0.717) is 95.5 Å². The van der Waals surface area contributed by atoms with Crippen LogP contribution in [0, 0.1) is 0 Å². The molecule has 0 amide bonds. The quantitative estimate of drug-likeness (QED) is 0.213. The molecule has 38 heavy (non-hydrogen) atoms. The summed E-state index contributed by atoms with van der Waals surface area (Å²) in [5.41, 5.74) is 1.36.